The predicted octanol–water partition coefficient (Wildman–Crippen LogP) is 2.78. The first-order chi connectivity index (χ1) is 11.0. The fourth-order valence-corrected chi connectivity index (χ4v) is 3.25. The first-order valence-corrected chi connectivity index (χ1v) is 8.20. The quantitative estimate of drug-likeness (QED) is 0.912. The summed E-state index contributed by atoms with van der Waals surface area (Å²) in [5.41, 5.74) is 3.36. The van der Waals surface area contributed by atoms with Crippen LogP contribution in [0.25, 0.3) is 0 Å². The van der Waals surface area contributed by atoms with Crippen LogP contribution in [0.5, 0.6) is 0 Å². The molecule has 3 rings (SSSR count). The lowest BCUT2D eigenvalue weighted by molar-refractivity contribution is 0.546. The molecule has 0 aliphatic heterocycles. The number of anilines is 1. The molecule has 1 atom stereocenters. The molecule has 1 aromatic heterocycles. The number of hydrogen-bond donors (Lipinski definition) is 2. The Morgan fingerprint density at radius 2 is 1.83 bits per heavy atom. The third kappa shape index (κ3) is 3.09. The van der Waals surface area contributed by atoms with Gasteiger partial charge in [-0.25, -0.2) is 4.79 Å². The topological polar surface area (TPSA) is 66.9 Å². The minimum absolute atomic E-state index is 0.0193. The molecule has 1 aliphatic rings. The molecule has 0 saturated heterocycles. The summed E-state index contributed by atoms with van der Waals surface area (Å²) < 4.78 is 1.21. The molecule has 1 aliphatic carbocycles. The number of fused-ring (bicyclic) bond motifs is 1. The van der Waals surface area contributed by atoms with Crippen LogP contribution in [-0.2, 0) is 12.8 Å². The Hall–Kier alpha value is -2.30. The average molecular weight is 313 g/mol. The van der Waals surface area contributed by atoms with Crippen LogP contribution >= 0.6 is 0 Å². The van der Waals surface area contributed by atoms with Crippen LogP contribution in [0.1, 0.15) is 56.0 Å². The lowest BCUT2D eigenvalue weighted by Gasteiger charge is -2.17. The van der Waals surface area contributed by atoms with Gasteiger partial charge in [0.1, 0.15) is 5.82 Å². The van der Waals surface area contributed by atoms with E-state index in [0.717, 1.165) is 12.8 Å². The Kier molecular flexibility index (Phi) is 4.11. The van der Waals surface area contributed by atoms with Crippen molar-refractivity contribution in [1.82, 2.24) is 9.55 Å². The van der Waals surface area contributed by atoms with Crippen LogP contribution in [0.15, 0.2) is 33.9 Å². The zero-order valence-corrected chi connectivity index (χ0v) is 13.8. The number of benzene rings is 1. The summed E-state index contributed by atoms with van der Waals surface area (Å²) >= 11 is 0. The molecule has 0 amide bonds. The van der Waals surface area contributed by atoms with E-state index >= 15 is 0 Å². The zero-order chi connectivity index (χ0) is 16.6. The summed E-state index contributed by atoms with van der Waals surface area (Å²) in [5, 5.41) is 3.23. The molecule has 0 radical (unpaired) electrons. The number of nitrogens with one attached hydrogen (secondary N) is 2. The van der Waals surface area contributed by atoms with Crippen molar-refractivity contribution < 1.29 is 0 Å². The van der Waals surface area contributed by atoms with Crippen molar-refractivity contribution in [2.75, 3.05) is 5.32 Å². The Labute approximate surface area is 135 Å². The summed E-state index contributed by atoms with van der Waals surface area (Å²) in [6.45, 7) is 5.66. The van der Waals surface area contributed by atoms with E-state index in [1.807, 2.05) is 20.8 Å². The largest absolute Gasteiger partial charge is 0.365 e. The van der Waals surface area contributed by atoms with Crippen LogP contribution in [0, 0.1) is 0 Å². The molecule has 2 aromatic rings. The highest BCUT2D eigenvalue weighted by atomic mass is 16.2. The lowest BCUT2D eigenvalue weighted by atomic mass is 10.0. The number of aryl methyl sites for hydroxylation is 2. The van der Waals surface area contributed by atoms with E-state index in [1.54, 1.807) is 0 Å². The van der Waals surface area contributed by atoms with Gasteiger partial charge in [-0.05, 0) is 56.7 Å². The Morgan fingerprint density at radius 3 is 2.52 bits per heavy atom. The third-order valence-electron chi connectivity index (χ3n) is 4.48. The molecule has 0 saturated carbocycles. The highest BCUT2D eigenvalue weighted by Crippen LogP contribution is 2.26. The van der Waals surface area contributed by atoms with Crippen molar-refractivity contribution >= 4 is 5.82 Å². The second kappa shape index (κ2) is 6.07. The van der Waals surface area contributed by atoms with E-state index in [-0.39, 0.29) is 23.3 Å². The van der Waals surface area contributed by atoms with Gasteiger partial charge in [-0.3, -0.25) is 14.3 Å². The van der Waals surface area contributed by atoms with Crippen molar-refractivity contribution in [3.05, 3.63) is 61.8 Å². The molecule has 0 fully saturated rings. The number of rotatable bonds is 4. The molecule has 1 unspecified atom stereocenters. The zero-order valence-electron chi connectivity index (χ0n) is 13.8. The summed E-state index contributed by atoms with van der Waals surface area (Å²) in [5.74, 6) is 0.463. The SMILES string of the molecule is CC(Nc1cc(=O)n(C(C)C)c(=O)[nH]1)c1ccc2c(c1)CCC2. The molecule has 0 bridgehead atoms. The Morgan fingerprint density at radius 1 is 1.09 bits per heavy atom. The molecule has 2 N–H and O–H groups in total. The smallest absolute Gasteiger partial charge is 0.330 e. The van der Waals surface area contributed by atoms with Gasteiger partial charge in [-0.2, -0.15) is 0 Å². The monoisotopic (exact) mass is 313 g/mol. The van der Waals surface area contributed by atoms with Gasteiger partial charge in [0.25, 0.3) is 5.56 Å². The minimum Gasteiger partial charge on any atom is -0.365 e. The van der Waals surface area contributed by atoms with Crippen molar-refractivity contribution in [3.63, 3.8) is 0 Å². The third-order valence-corrected chi connectivity index (χ3v) is 4.48. The minimum atomic E-state index is -0.379. The standard InChI is InChI=1S/C18H23N3O2/c1-11(2)21-17(22)10-16(20-18(21)23)19-12(3)14-8-7-13-5-4-6-15(13)9-14/h7-12,19H,4-6H2,1-3H3,(H,20,23). The maximum atomic E-state index is 12.1. The summed E-state index contributed by atoms with van der Waals surface area (Å²) in [7, 11) is 0. The second-order valence-corrected chi connectivity index (χ2v) is 6.54. The molecular weight excluding hydrogens is 290 g/mol. The van der Waals surface area contributed by atoms with E-state index in [9.17, 15) is 9.59 Å². The van der Waals surface area contributed by atoms with Crippen molar-refractivity contribution in [2.45, 2.75) is 52.1 Å². The van der Waals surface area contributed by atoms with Crippen LogP contribution in [0.4, 0.5) is 5.82 Å². The maximum Gasteiger partial charge on any atom is 0.330 e. The number of hydrogen-bond acceptors (Lipinski definition) is 3. The van der Waals surface area contributed by atoms with Gasteiger partial charge >= 0.3 is 5.69 Å². The fourth-order valence-electron chi connectivity index (χ4n) is 3.25. The fraction of sp³-hybridized carbons (Fsp3) is 0.444. The molecule has 1 aromatic carbocycles. The lowest BCUT2D eigenvalue weighted by Crippen LogP contribution is -2.36. The molecule has 0 spiro atoms. The van der Waals surface area contributed by atoms with Crippen molar-refractivity contribution in [2.24, 2.45) is 0 Å². The average Bonchev–Trinajstić information content (AvgIpc) is 2.93. The highest BCUT2D eigenvalue weighted by Gasteiger charge is 2.14. The van der Waals surface area contributed by atoms with E-state index in [1.165, 1.54) is 33.7 Å². The van der Waals surface area contributed by atoms with Gasteiger partial charge < -0.3 is 5.32 Å². The summed E-state index contributed by atoms with van der Waals surface area (Å²) in [4.78, 5) is 26.9. The van der Waals surface area contributed by atoms with Crippen LogP contribution in [0.3, 0.4) is 0 Å². The van der Waals surface area contributed by atoms with Crippen molar-refractivity contribution in [3.8, 4) is 0 Å². The van der Waals surface area contributed by atoms with Gasteiger partial charge in [0.2, 0.25) is 0 Å². The molecule has 23 heavy (non-hydrogen) atoms. The summed E-state index contributed by atoms with van der Waals surface area (Å²) in [6, 6.07) is 7.85. The van der Waals surface area contributed by atoms with Crippen molar-refractivity contribution in [1.29, 1.82) is 0 Å². The van der Waals surface area contributed by atoms with E-state index in [0.29, 0.717) is 5.82 Å². The maximum absolute atomic E-state index is 12.1. The number of aromatic nitrogens is 2. The van der Waals surface area contributed by atoms with Crippen LogP contribution in [-0.4, -0.2) is 9.55 Å². The number of aromatic amines is 1. The van der Waals surface area contributed by atoms with Gasteiger partial charge in [-0.1, -0.05) is 18.2 Å². The Bertz CT molecular complexity index is 802. The van der Waals surface area contributed by atoms with Gasteiger partial charge in [0, 0.05) is 18.2 Å². The first-order valence-electron chi connectivity index (χ1n) is 8.20. The molecule has 122 valence electrons. The normalized spacial score (nSPS) is 14.8. The molecule has 5 nitrogen and oxygen atoms in total. The van der Waals surface area contributed by atoms with E-state index in [4.69, 9.17) is 0 Å². The Balaban J connectivity index is 1.84. The molecule has 1 heterocycles. The van der Waals surface area contributed by atoms with Gasteiger partial charge in [0.15, 0.2) is 0 Å². The second-order valence-electron chi connectivity index (χ2n) is 6.54. The summed E-state index contributed by atoms with van der Waals surface area (Å²) in [6.07, 6.45) is 3.52. The number of nitrogens with zero attached hydrogens (tertiary/aromatic N) is 1. The predicted molar refractivity (Wildman–Crippen MR) is 92.2 cm³/mol. The number of H-pyrrole nitrogens is 1. The first kappa shape index (κ1) is 15.6. The van der Waals surface area contributed by atoms with Gasteiger partial charge in [0.05, 0.1) is 0 Å². The highest BCUT2D eigenvalue weighted by molar-refractivity contribution is 5.41. The van der Waals surface area contributed by atoms with E-state index < -0.39 is 0 Å². The van der Waals surface area contributed by atoms with Crippen LogP contribution in [0.2, 0.25) is 0 Å². The van der Waals surface area contributed by atoms with Gasteiger partial charge in [-0.15, -0.1) is 0 Å². The van der Waals surface area contributed by atoms with Crippen LogP contribution < -0.4 is 16.6 Å². The molecular formula is C18H23N3O2. The molecule has 5 heteroatoms. The van der Waals surface area contributed by atoms with E-state index in [2.05, 4.69) is 28.5 Å².